The summed E-state index contributed by atoms with van der Waals surface area (Å²) in [7, 11) is 3.27. The SMILES string of the molecule is COCCN(CCOC)C(=O)c1ccc(C(C)(C)C)cc1. The molecule has 0 saturated heterocycles. The van der Waals surface area contributed by atoms with Crippen LogP contribution >= 0.6 is 0 Å². The Morgan fingerprint density at radius 3 is 1.86 bits per heavy atom. The first-order chi connectivity index (χ1) is 9.90. The quantitative estimate of drug-likeness (QED) is 0.776. The molecule has 0 unspecified atom stereocenters. The number of hydrogen-bond acceptors (Lipinski definition) is 3. The number of benzene rings is 1. The molecule has 0 bridgehead atoms. The summed E-state index contributed by atoms with van der Waals surface area (Å²) in [6.07, 6.45) is 0. The van der Waals surface area contributed by atoms with E-state index in [1.807, 2.05) is 24.3 Å². The zero-order chi connectivity index (χ0) is 15.9. The van der Waals surface area contributed by atoms with Crippen molar-refractivity contribution in [2.75, 3.05) is 40.5 Å². The zero-order valence-corrected chi connectivity index (χ0v) is 13.8. The van der Waals surface area contributed by atoms with Crippen molar-refractivity contribution in [3.63, 3.8) is 0 Å². The molecule has 1 aromatic carbocycles. The average molecular weight is 293 g/mol. The summed E-state index contributed by atoms with van der Waals surface area (Å²) in [4.78, 5) is 14.3. The molecular formula is C17H27NO3. The van der Waals surface area contributed by atoms with E-state index in [4.69, 9.17) is 9.47 Å². The van der Waals surface area contributed by atoms with Gasteiger partial charge in [0.05, 0.1) is 13.2 Å². The molecular weight excluding hydrogens is 266 g/mol. The minimum absolute atomic E-state index is 0.0181. The third kappa shape index (κ3) is 5.48. The topological polar surface area (TPSA) is 38.8 Å². The van der Waals surface area contributed by atoms with Gasteiger partial charge in [0.25, 0.3) is 5.91 Å². The van der Waals surface area contributed by atoms with Crippen molar-refractivity contribution in [1.82, 2.24) is 4.90 Å². The Balaban J connectivity index is 2.82. The number of amides is 1. The molecule has 21 heavy (non-hydrogen) atoms. The van der Waals surface area contributed by atoms with Crippen molar-refractivity contribution in [3.8, 4) is 0 Å². The standard InChI is InChI=1S/C17H27NO3/c1-17(2,3)15-8-6-14(7-9-15)16(19)18(10-12-20-4)11-13-21-5/h6-9H,10-13H2,1-5H3. The van der Waals surface area contributed by atoms with E-state index in [1.165, 1.54) is 5.56 Å². The molecule has 0 fully saturated rings. The fourth-order valence-corrected chi connectivity index (χ4v) is 2.01. The Morgan fingerprint density at radius 1 is 1.00 bits per heavy atom. The van der Waals surface area contributed by atoms with Crippen LogP contribution in [0.3, 0.4) is 0 Å². The van der Waals surface area contributed by atoms with E-state index < -0.39 is 0 Å². The van der Waals surface area contributed by atoms with Crippen LogP contribution in [0.25, 0.3) is 0 Å². The maximum Gasteiger partial charge on any atom is 0.254 e. The number of ether oxygens (including phenoxy) is 2. The molecule has 4 nitrogen and oxygen atoms in total. The maximum absolute atomic E-state index is 12.5. The highest BCUT2D eigenvalue weighted by Crippen LogP contribution is 2.22. The van der Waals surface area contributed by atoms with Crippen LogP contribution in [0.2, 0.25) is 0 Å². The Morgan fingerprint density at radius 2 is 1.48 bits per heavy atom. The molecule has 4 heteroatoms. The number of hydrogen-bond donors (Lipinski definition) is 0. The van der Waals surface area contributed by atoms with Crippen LogP contribution < -0.4 is 0 Å². The summed E-state index contributed by atoms with van der Waals surface area (Å²) >= 11 is 0. The van der Waals surface area contributed by atoms with Gasteiger partial charge in [-0.1, -0.05) is 32.9 Å². The molecule has 0 N–H and O–H groups in total. The molecule has 118 valence electrons. The second-order valence-electron chi connectivity index (χ2n) is 6.11. The van der Waals surface area contributed by atoms with E-state index in [0.29, 0.717) is 31.9 Å². The van der Waals surface area contributed by atoms with E-state index in [2.05, 4.69) is 20.8 Å². The molecule has 0 spiro atoms. The van der Waals surface area contributed by atoms with Gasteiger partial charge in [-0.25, -0.2) is 0 Å². The fourth-order valence-electron chi connectivity index (χ4n) is 2.01. The first-order valence-corrected chi connectivity index (χ1v) is 7.28. The Hall–Kier alpha value is -1.39. The van der Waals surface area contributed by atoms with Crippen LogP contribution in [-0.4, -0.2) is 51.3 Å². The predicted molar refractivity (Wildman–Crippen MR) is 84.8 cm³/mol. The fraction of sp³-hybridized carbons (Fsp3) is 0.588. The van der Waals surface area contributed by atoms with Crippen molar-refractivity contribution >= 4 is 5.91 Å². The van der Waals surface area contributed by atoms with Crippen LogP contribution in [0, 0.1) is 0 Å². The van der Waals surface area contributed by atoms with Gasteiger partial charge in [-0.15, -0.1) is 0 Å². The van der Waals surface area contributed by atoms with E-state index in [-0.39, 0.29) is 11.3 Å². The third-order valence-corrected chi connectivity index (χ3v) is 3.42. The van der Waals surface area contributed by atoms with Gasteiger partial charge >= 0.3 is 0 Å². The summed E-state index contributed by atoms with van der Waals surface area (Å²) in [5.74, 6) is 0.0181. The van der Waals surface area contributed by atoms with E-state index in [0.717, 1.165) is 0 Å². The van der Waals surface area contributed by atoms with Gasteiger partial charge in [0, 0.05) is 32.9 Å². The minimum Gasteiger partial charge on any atom is -0.383 e. The lowest BCUT2D eigenvalue weighted by atomic mass is 9.86. The highest BCUT2D eigenvalue weighted by molar-refractivity contribution is 5.94. The molecule has 0 atom stereocenters. The summed E-state index contributed by atoms with van der Waals surface area (Å²) in [6.45, 7) is 8.67. The molecule has 0 heterocycles. The first kappa shape index (κ1) is 17.7. The van der Waals surface area contributed by atoms with E-state index in [1.54, 1.807) is 19.1 Å². The molecule has 0 radical (unpaired) electrons. The Bertz CT molecular complexity index is 426. The average Bonchev–Trinajstić information content (AvgIpc) is 2.46. The monoisotopic (exact) mass is 293 g/mol. The van der Waals surface area contributed by atoms with Crippen LogP contribution in [-0.2, 0) is 14.9 Å². The molecule has 0 aliphatic rings. The van der Waals surface area contributed by atoms with Crippen molar-refractivity contribution in [3.05, 3.63) is 35.4 Å². The van der Waals surface area contributed by atoms with Gasteiger partial charge in [0.15, 0.2) is 0 Å². The van der Waals surface area contributed by atoms with Crippen LogP contribution in [0.15, 0.2) is 24.3 Å². The number of methoxy groups -OCH3 is 2. The highest BCUT2D eigenvalue weighted by Gasteiger charge is 2.17. The largest absolute Gasteiger partial charge is 0.383 e. The molecule has 0 aliphatic heterocycles. The lowest BCUT2D eigenvalue weighted by Crippen LogP contribution is -2.36. The summed E-state index contributed by atoms with van der Waals surface area (Å²) in [5.41, 5.74) is 2.02. The molecule has 0 saturated carbocycles. The lowest BCUT2D eigenvalue weighted by molar-refractivity contribution is 0.0627. The normalized spacial score (nSPS) is 11.5. The predicted octanol–water partition coefficient (Wildman–Crippen LogP) is 2.72. The van der Waals surface area contributed by atoms with E-state index >= 15 is 0 Å². The van der Waals surface area contributed by atoms with Gasteiger partial charge < -0.3 is 14.4 Å². The smallest absolute Gasteiger partial charge is 0.254 e. The minimum atomic E-state index is 0.0181. The molecule has 0 aromatic heterocycles. The third-order valence-electron chi connectivity index (χ3n) is 3.42. The second-order valence-corrected chi connectivity index (χ2v) is 6.11. The van der Waals surface area contributed by atoms with Gasteiger partial charge in [-0.3, -0.25) is 4.79 Å². The van der Waals surface area contributed by atoms with Crippen molar-refractivity contribution < 1.29 is 14.3 Å². The summed E-state index contributed by atoms with van der Waals surface area (Å²) < 4.78 is 10.1. The van der Waals surface area contributed by atoms with Gasteiger partial charge in [-0.05, 0) is 23.1 Å². The first-order valence-electron chi connectivity index (χ1n) is 7.28. The van der Waals surface area contributed by atoms with E-state index in [9.17, 15) is 4.79 Å². The van der Waals surface area contributed by atoms with Gasteiger partial charge in [0.1, 0.15) is 0 Å². The Kier molecular flexibility index (Phi) is 6.85. The maximum atomic E-state index is 12.5. The van der Waals surface area contributed by atoms with Crippen LogP contribution in [0.1, 0.15) is 36.7 Å². The molecule has 1 amide bonds. The molecule has 1 aromatic rings. The summed E-state index contributed by atoms with van der Waals surface area (Å²) in [5, 5.41) is 0. The zero-order valence-electron chi connectivity index (χ0n) is 13.8. The Labute approximate surface area is 128 Å². The van der Waals surface area contributed by atoms with Crippen LogP contribution in [0.5, 0.6) is 0 Å². The number of nitrogens with zero attached hydrogens (tertiary/aromatic N) is 1. The number of carbonyl (C=O) groups excluding carboxylic acids is 1. The van der Waals surface area contributed by atoms with Gasteiger partial charge in [0.2, 0.25) is 0 Å². The van der Waals surface area contributed by atoms with Crippen molar-refractivity contribution in [2.24, 2.45) is 0 Å². The lowest BCUT2D eigenvalue weighted by Gasteiger charge is -2.23. The highest BCUT2D eigenvalue weighted by atomic mass is 16.5. The molecule has 1 rings (SSSR count). The van der Waals surface area contributed by atoms with Gasteiger partial charge in [-0.2, -0.15) is 0 Å². The summed E-state index contributed by atoms with van der Waals surface area (Å²) in [6, 6.07) is 7.85. The van der Waals surface area contributed by atoms with Crippen molar-refractivity contribution in [1.29, 1.82) is 0 Å². The van der Waals surface area contributed by atoms with Crippen molar-refractivity contribution in [2.45, 2.75) is 26.2 Å². The number of rotatable bonds is 7. The number of carbonyl (C=O) groups is 1. The molecule has 0 aliphatic carbocycles. The van der Waals surface area contributed by atoms with Crippen LogP contribution in [0.4, 0.5) is 0 Å². The second kappa shape index (κ2) is 8.15.